The third kappa shape index (κ3) is 4.17. The minimum Gasteiger partial charge on any atom is -0.494 e. The van der Waals surface area contributed by atoms with Gasteiger partial charge in [-0.25, -0.2) is 4.79 Å². The number of hydrogen-bond donors (Lipinski definition) is 3. The van der Waals surface area contributed by atoms with Crippen LogP contribution in [0.5, 0.6) is 5.75 Å². The lowest BCUT2D eigenvalue weighted by Gasteiger charge is -2.28. The first kappa shape index (κ1) is 19.5. The minimum absolute atomic E-state index is 0.257. The molecule has 1 aliphatic rings. The molecule has 2 aromatic rings. The Kier molecular flexibility index (Phi) is 5.68. The standard InChI is InChI=1S/C22H25N3O3/c1-5-28-18-10-7-16(8-11-18)20-19(15(4)23-22(27)25-20)21(26)24-17-9-6-13(2)14(3)12-17/h6-12,20H,5H2,1-4H3,(H,24,26)(H2,23,25,27). The smallest absolute Gasteiger partial charge is 0.319 e. The lowest BCUT2D eigenvalue weighted by Crippen LogP contribution is -2.45. The third-order valence-electron chi connectivity index (χ3n) is 4.80. The fourth-order valence-corrected chi connectivity index (χ4v) is 3.19. The predicted molar refractivity (Wildman–Crippen MR) is 109 cm³/mol. The number of urea groups is 1. The fraction of sp³-hybridized carbons (Fsp3) is 0.273. The molecule has 0 bridgehead atoms. The van der Waals surface area contributed by atoms with Crippen molar-refractivity contribution in [3.05, 3.63) is 70.4 Å². The highest BCUT2D eigenvalue weighted by Gasteiger charge is 2.31. The monoisotopic (exact) mass is 379 g/mol. The van der Waals surface area contributed by atoms with E-state index in [1.807, 2.05) is 63.2 Å². The van der Waals surface area contributed by atoms with Crippen LogP contribution in [-0.2, 0) is 4.79 Å². The molecule has 2 aromatic carbocycles. The van der Waals surface area contributed by atoms with Crippen molar-refractivity contribution in [1.29, 1.82) is 0 Å². The molecule has 0 spiro atoms. The van der Waals surface area contributed by atoms with Gasteiger partial charge in [0.2, 0.25) is 0 Å². The molecular formula is C22H25N3O3. The molecule has 1 atom stereocenters. The molecule has 28 heavy (non-hydrogen) atoms. The summed E-state index contributed by atoms with van der Waals surface area (Å²) >= 11 is 0. The van der Waals surface area contributed by atoms with E-state index < -0.39 is 6.04 Å². The number of anilines is 1. The van der Waals surface area contributed by atoms with Crippen molar-refractivity contribution >= 4 is 17.6 Å². The first-order valence-electron chi connectivity index (χ1n) is 9.28. The summed E-state index contributed by atoms with van der Waals surface area (Å²) in [5, 5.41) is 8.48. The summed E-state index contributed by atoms with van der Waals surface area (Å²) < 4.78 is 5.47. The second kappa shape index (κ2) is 8.17. The normalized spacial score (nSPS) is 16.3. The van der Waals surface area contributed by atoms with Crippen LogP contribution in [0.4, 0.5) is 10.5 Å². The first-order chi connectivity index (χ1) is 13.4. The molecule has 1 aliphatic heterocycles. The summed E-state index contributed by atoms with van der Waals surface area (Å²) in [5.74, 6) is 0.487. The molecule has 3 amide bonds. The molecular weight excluding hydrogens is 354 g/mol. The van der Waals surface area contributed by atoms with Gasteiger partial charge in [-0.3, -0.25) is 4.79 Å². The zero-order chi connectivity index (χ0) is 20.3. The molecule has 0 saturated heterocycles. The maximum absolute atomic E-state index is 13.0. The van der Waals surface area contributed by atoms with Gasteiger partial charge in [-0.15, -0.1) is 0 Å². The van der Waals surface area contributed by atoms with Crippen LogP contribution in [-0.4, -0.2) is 18.5 Å². The van der Waals surface area contributed by atoms with Crippen molar-refractivity contribution in [3.63, 3.8) is 0 Å². The Morgan fingerprint density at radius 3 is 2.43 bits per heavy atom. The van der Waals surface area contributed by atoms with Gasteiger partial charge < -0.3 is 20.7 Å². The molecule has 1 heterocycles. The van der Waals surface area contributed by atoms with Gasteiger partial charge in [0.1, 0.15) is 5.75 Å². The Bertz CT molecular complexity index is 933. The summed E-state index contributed by atoms with van der Waals surface area (Å²) in [5.41, 5.74) is 4.79. The highest BCUT2D eigenvalue weighted by molar-refractivity contribution is 6.06. The van der Waals surface area contributed by atoms with Gasteiger partial charge in [-0.2, -0.15) is 0 Å². The van der Waals surface area contributed by atoms with E-state index in [4.69, 9.17) is 4.74 Å². The van der Waals surface area contributed by atoms with E-state index in [1.54, 1.807) is 6.92 Å². The zero-order valence-corrected chi connectivity index (χ0v) is 16.6. The van der Waals surface area contributed by atoms with Crippen molar-refractivity contribution < 1.29 is 14.3 Å². The Hall–Kier alpha value is -3.28. The number of benzene rings is 2. The number of rotatable bonds is 5. The fourth-order valence-electron chi connectivity index (χ4n) is 3.19. The first-order valence-corrected chi connectivity index (χ1v) is 9.28. The van der Waals surface area contributed by atoms with E-state index >= 15 is 0 Å². The highest BCUT2D eigenvalue weighted by Crippen LogP contribution is 2.29. The molecule has 0 aliphatic carbocycles. The summed E-state index contributed by atoms with van der Waals surface area (Å²) in [7, 11) is 0. The number of allylic oxidation sites excluding steroid dienone is 1. The maximum atomic E-state index is 13.0. The zero-order valence-electron chi connectivity index (χ0n) is 16.6. The second-order valence-corrected chi connectivity index (χ2v) is 6.83. The van der Waals surface area contributed by atoms with E-state index in [-0.39, 0.29) is 11.9 Å². The summed E-state index contributed by atoms with van der Waals surface area (Å²) in [6, 6.07) is 12.3. The number of carbonyl (C=O) groups is 2. The molecule has 146 valence electrons. The molecule has 3 N–H and O–H groups in total. The summed E-state index contributed by atoms with van der Waals surface area (Å²) in [6.45, 7) is 8.25. The third-order valence-corrected chi connectivity index (χ3v) is 4.80. The van der Waals surface area contributed by atoms with Gasteiger partial charge in [0.05, 0.1) is 18.2 Å². The van der Waals surface area contributed by atoms with Gasteiger partial charge in [0.15, 0.2) is 0 Å². The number of aryl methyl sites for hydroxylation is 2. The van der Waals surface area contributed by atoms with Crippen LogP contribution >= 0.6 is 0 Å². The average Bonchev–Trinajstić information content (AvgIpc) is 2.65. The van der Waals surface area contributed by atoms with Gasteiger partial charge in [0.25, 0.3) is 5.91 Å². The quantitative estimate of drug-likeness (QED) is 0.735. The lowest BCUT2D eigenvalue weighted by molar-refractivity contribution is -0.113. The molecule has 3 rings (SSSR count). The molecule has 0 saturated carbocycles. The van der Waals surface area contributed by atoms with Crippen molar-refractivity contribution in [2.45, 2.75) is 33.7 Å². The van der Waals surface area contributed by atoms with Crippen LogP contribution < -0.4 is 20.7 Å². The van der Waals surface area contributed by atoms with Crippen molar-refractivity contribution in [3.8, 4) is 5.75 Å². The molecule has 0 radical (unpaired) electrons. The molecule has 0 fully saturated rings. The Balaban J connectivity index is 1.90. The van der Waals surface area contributed by atoms with Crippen LogP contribution in [0.3, 0.4) is 0 Å². The van der Waals surface area contributed by atoms with Gasteiger partial charge in [0, 0.05) is 11.4 Å². The number of carbonyl (C=O) groups excluding carboxylic acids is 2. The Morgan fingerprint density at radius 2 is 1.79 bits per heavy atom. The molecule has 1 unspecified atom stereocenters. The van der Waals surface area contributed by atoms with E-state index in [0.29, 0.717) is 17.9 Å². The van der Waals surface area contributed by atoms with Gasteiger partial charge in [-0.05, 0) is 68.7 Å². The van der Waals surface area contributed by atoms with Crippen LogP contribution in [0, 0.1) is 13.8 Å². The number of ether oxygens (including phenoxy) is 1. The lowest BCUT2D eigenvalue weighted by atomic mass is 9.94. The topological polar surface area (TPSA) is 79.5 Å². The molecule has 6 nitrogen and oxygen atoms in total. The van der Waals surface area contributed by atoms with E-state index in [1.165, 1.54) is 0 Å². The maximum Gasteiger partial charge on any atom is 0.319 e. The van der Waals surface area contributed by atoms with Crippen molar-refractivity contribution in [2.24, 2.45) is 0 Å². The largest absolute Gasteiger partial charge is 0.494 e. The second-order valence-electron chi connectivity index (χ2n) is 6.83. The van der Waals surface area contributed by atoms with E-state index in [2.05, 4.69) is 16.0 Å². The van der Waals surface area contributed by atoms with Crippen molar-refractivity contribution in [2.75, 3.05) is 11.9 Å². The number of amides is 3. The Morgan fingerprint density at radius 1 is 1.07 bits per heavy atom. The number of nitrogens with one attached hydrogen (secondary N) is 3. The summed E-state index contributed by atoms with van der Waals surface area (Å²) in [6.07, 6.45) is 0. The van der Waals surface area contributed by atoms with Crippen molar-refractivity contribution in [1.82, 2.24) is 10.6 Å². The SMILES string of the molecule is CCOc1ccc(C2NC(=O)NC(C)=C2C(=O)Nc2ccc(C)c(C)c2)cc1. The molecule has 6 heteroatoms. The van der Waals surface area contributed by atoms with Crippen LogP contribution in [0.1, 0.15) is 36.6 Å². The Labute approximate surface area is 165 Å². The van der Waals surface area contributed by atoms with E-state index in [0.717, 1.165) is 28.1 Å². The summed E-state index contributed by atoms with van der Waals surface area (Å²) in [4.78, 5) is 25.1. The average molecular weight is 379 g/mol. The van der Waals surface area contributed by atoms with Crippen LogP contribution in [0.25, 0.3) is 0 Å². The van der Waals surface area contributed by atoms with E-state index in [9.17, 15) is 9.59 Å². The molecule has 0 aromatic heterocycles. The van der Waals surface area contributed by atoms with Gasteiger partial charge >= 0.3 is 6.03 Å². The van der Waals surface area contributed by atoms with Crippen LogP contribution in [0.2, 0.25) is 0 Å². The van der Waals surface area contributed by atoms with Gasteiger partial charge in [-0.1, -0.05) is 18.2 Å². The number of hydrogen-bond acceptors (Lipinski definition) is 3. The highest BCUT2D eigenvalue weighted by atomic mass is 16.5. The minimum atomic E-state index is -0.545. The predicted octanol–water partition coefficient (Wildman–Crippen LogP) is 3.97. The van der Waals surface area contributed by atoms with Crippen LogP contribution in [0.15, 0.2) is 53.7 Å².